The largest absolute Gasteiger partial charge is 0.495 e. The van der Waals surface area contributed by atoms with Crippen molar-refractivity contribution in [2.24, 2.45) is 0 Å². The third-order valence-corrected chi connectivity index (χ3v) is 10.3. The molecule has 1 fully saturated rings. The van der Waals surface area contributed by atoms with Gasteiger partial charge >= 0.3 is 0 Å². The van der Waals surface area contributed by atoms with Gasteiger partial charge < -0.3 is 14.8 Å². The summed E-state index contributed by atoms with van der Waals surface area (Å²) >= 11 is 0. The molecule has 0 aliphatic heterocycles. The second-order valence-electron chi connectivity index (χ2n) is 11.8. The fraction of sp³-hybridized carbons (Fsp3) is 0.452. The molecule has 1 aliphatic rings. The number of hydrogen-bond donors (Lipinski definition) is 1. The van der Waals surface area contributed by atoms with E-state index in [0.29, 0.717) is 42.3 Å². The number of fused-ring (bicyclic) bond motifs is 1. The molecular formula is C31H38FN5O5S. The third-order valence-electron chi connectivity index (χ3n) is 7.79. The van der Waals surface area contributed by atoms with E-state index in [9.17, 15) is 13.2 Å². The van der Waals surface area contributed by atoms with Gasteiger partial charge in [0.15, 0.2) is 15.5 Å². The van der Waals surface area contributed by atoms with Crippen LogP contribution in [0.4, 0.5) is 10.2 Å². The number of imidazole rings is 1. The van der Waals surface area contributed by atoms with Gasteiger partial charge in [-0.15, -0.1) is 0 Å². The summed E-state index contributed by atoms with van der Waals surface area (Å²) in [4.78, 5) is 17.6. The zero-order valence-corrected chi connectivity index (χ0v) is 25.8. The van der Waals surface area contributed by atoms with Crippen molar-refractivity contribution in [1.29, 1.82) is 0 Å². The van der Waals surface area contributed by atoms with Gasteiger partial charge in [0.25, 0.3) is 5.91 Å². The number of hydrogen-bond acceptors (Lipinski definition) is 7. The first kappa shape index (κ1) is 30.7. The molecule has 3 heterocycles. The minimum Gasteiger partial charge on any atom is -0.495 e. The Balaban J connectivity index is 1.49. The summed E-state index contributed by atoms with van der Waals surface area (Å²) in [5.41, 5.74) is 0.460. The topological polar surface area (TPSA) is 117 Å². The van der Waals surface area contributed by atoms with E-state index in [4.69, 9.17) is 14.6 Å². The van der Waals surface area contributed by atoms with Crippen molar-refractivity contribution >= 4 is 27.2 Å². The molecular weight excluding hydrogens is 573 g/mol. The molecule has 43 heavy (non-hydrogen) atoms. The summed E-state index contributed by atoms with van der Waals surface area (Å²) in [7, 11) is -2.36. The van der Waals surface area contributed by atoms with Gasteiger partial charge in [-0.3, -0.25) is 9.20 Å². The van der Waals surface area contributed by atoms with Crippen LogP contribution in [0.25, 0.3) is 17.0 Å². The van der Waals surface area contributed by atoms with Crippen molar-refractivity contribution in [2.75, 3.05) is 19.0 Å². The van der Waals surface area contributed by atoms with E-state index >= 15 is 4.39 Å². The number of rotatable bonds is 10. The zero-order chi connectivity index (χ0) is 30.8. The lowest BCUT2D eigenvalue weighted by molar-refractivity contribution is -0.129. The highest BCUT2D eigenvalue weighted by atomic mass is 32.2. The molecule has 230 valence electrons. The highest BCUT2D eigenvalue weighted by molar-refractivity contribution is 7.92. The number of nitrogens with one attached hydrogen (secondary N) is 1. The van der Waals surface area contributed by atoms with E-state index < -0.39 is 26.2 Å². The van der Waals surface area contributed by atoms with Gasteiger partial charge in [0.1, 0.15) is 27.8 Å². The summed E-state index contributed by atoms with van der Waals surface area (Å²) in [6.45, 7) is 5.86. The summed E-state index contributed by atoms with van der Waals surface area (Å²) < 4.78 is 55.8. The molecule has 1 N–H and O–H groups in total. The molecule has 0 unspecified atom stereocenters. The van der Waals surface area contributed by atoms with E-state index in [1.807, 2.05) is 30.3 Å². The fourth-order valence-electron chi connectivity index (χ4n) is 5.16. The molecule has 5 rings (SSSR count). The summed E-state index contributed by atoms with van der Waals surface area (Å²) in [6, 6.07) is 13.0. The second-order valence-corrected chi connectivity index (χ2v) is 14.5. The Hall–Kier alpha value is -3.77. The highest BCUT2D eigenvalue weighted by Crippen LogP contribution is 2.36. The Labute approximate surface area is 251 Å². The van der Waals surface area contributed by atoms with Crippen LogP contribution in [0.5, 0.6) is 5.75 Å². The number of anilines is 1. The maximum atomic E-state index is 15.5. The first-order valence-electron chi connectivity index (χ1n) is 14.4. The predicted molar refractivity (Wildman–Crippen MR) is 162 cm³/mol. The average molecular weight is 612 g/mol. The standard InChI is InChI=1S/C31H38FN5O5S/c1-30(2,3)43(39,40)26-20-36-24(19-33-27(36)18-25(26)41-4)23-17-28(34-29(38)31(32)13-9-6-10-14-31)37(35-23)15-16-42-21-22-11-7-5-8-12-22/h5,7-8,11-12,17-20H,6,9-10,13-16,21H2,1-4H3,(H,34,38). The van der Waals surface area contributed by atoms with Gasteiger partial charge in [-0.1, -0.05) is 36.8 Å². The SMILES string of the molecule is COc1cc2ncc(-c3cc(NC(=O)C4(F)CCCCC4)n(CCOCc4ccccc4)n3)n2cc1S(=O)(=O)C(C)(C)C. The Morgan fingerprint density at radius 3 is 2.51 bits per heavy atom. The van der Waals surface area contributed by atoms with Crippen molar-refractivity contribution in [2.45, 2.75) is 81.3 Å². The van der Waals surface area contributed by atoms with Crippen LogP contribution in [-0.2, 0) is 32.5 Å². The van der Waals surface area contributed by atoms with E-state index in [2.05, 4.69) is 10.3 Å². The van der Waals surface area contributed by atoms with Crippen LogP contribution in [0.2, 0.25) is 0 Å². The molecule has 1 aliphatic carbocycles. The molecule has 10 nitrogen and oxygen atoms in total. The molecule has 1 saturated carbocycles. The van der Waals surface area contributed by atoms with Crippen LogP contribution in [0, 0.1) is 0 Å². The number of ether oxygens (including phenoxy) is 2. The number of benzene rings is 1. The van der Waals surface area contributed by atoms with E-state index in [1.54, 1.807) is 48.2 Å². The van der Waals surface area contributed by atoms with Crippen LogP contribution in [0.3, 0.4) is 0 Å². The van der Waals surface area contributed by atoms with Gasteiger partial charge in [-0.05, 0) is 52.0 Å². The third kappa shape index (κ3) is 6.30. The monoisotopic (exact) mass is 611 g/mol. The first-order chi connectivity index (χ1) is 20.4. The number of pyridine rings is 1. The first-order valence-corrected chi connectivity index (χ1v) is 15.9. The number of carbonyl (C=O) groups is 1. The number of halogens is 1. The number of aromatic nitrogens is 4. The van der Waals surface area contributed by atoms with Crippen molar-refractivity contribution in [3.63, 3.8) is 0 Å². The summed E-state index contributed by atoms with van der Waals surface area (Å²) in [6.07, 6.45) is 5.64. The molecule has 0 bridgehead atoms. The molecule has 0 saturated heterocycles. The molecule has 12 heteroatoms. The maximum absolute atomic E-state index is 15.5. The van der Waals surface area contributed by atoms with Gasteiger partial charge in [0.05, 0.1) is 43.5 Å². The Morgan fingerprint density at radius 1 is 1.12 bits per heavy atom. The molecule has 3 aromatic heterocycles. The van der Waals surface area contributed by atoms with Gasteiger partial charge in [-0.25, -0.2) is 22.5 Å². The van der Waals surface area contributed by atoms with Crippen molar-refractivity contribution in [3.05, 3.63) is 60.4 Å². The van der Waals surface area contributed by atoms with Crippen LogP contribution in [0.15, 0.2) is 59.8 Å². The highest BCUT2D eigenvalue weighted by Gasteiger charge is 2.40. The van der Waals surface area contributed by atoms with Crippen LogP contribution >= 0.6 is 0 Å². The van der Waals surface area contributed by atoms with E-state index in [-0.39, 0.29) is 36.6 Å². The smallest absolute Gasteiger partial charge is 0.263 e. The van der Waals surface area contributed by atoms with E-state index in [1.165, 1.54) is 13.3 Å². The lowest BCUT2D eigenvalue weighted by atomic mass is 9.86. The van der Waals surface area contributed by atoms with Crippen molar-refractivity contribution in [1.82, 2.24) is 19.2 Å². The normalized spacial score (nSPS) is 15.5. The summed E-state index contributed by atoms with van der Waals surface area (Å²) in [5, 5.41) is 7.48. The minimum atomic E-state index is -3.78. The number of nitrogens with zero attached hydrogens (tertiary/aromatic N) is 4. The van der Waals surface area contributed by atoms with Crippen LogP contribution < -0.4 is 10.1 Å². The molecule has 1 amide bonds. The number of amides is 1. The van der Waals surface area contributed by atoms with Gasteiger partial charge in [-0.2, -0.15) is 5.10 Å². The minimum absolute atomic E-state index is 0.0215. The number of sulfone groups is 1. The zero-order valence-electron chi connectivity index (χ0n) is 25.0. The molecule has 0 atom stereocenters. The Morgan fingerprint density at radius 2 is 1.84 bits per heavy atom. The van der Waals surface area contributed by atoms with Crippen LogP contribution in [-0.4, -0.2) is 57.6 Å². The Kier molecular flexibility index (Phi) is 8.62. The summed E-state index contributed by atoms with van der Waals surface area (Å²) in [5.74, 6) is -0.183. The second kappa shape index (κ2) is 12.1. The average Bonchev–Trinajstić information content (AvgIpc) is 3.58. The van der Waals surface area contributed by atoms with Crippen molar-refractivity contribution < 1.29 is 27.1 Å². The quantitative estimate of drug-likeness (QED) is 0.232. The van der Waals surface area contributed by atoms with Gasteiger partial charge in [0.2, 0.25) is 0 Å². The van der Waals surface area contributed by atoms with E-state index in [0.717, 1.165) is 12.0 Å². The lowest BCUT2D eigenvalue weighted by Gasteiger charge is -2.28. The number of carbonyl (C=O) groups excluding carboxylic acids is 1. The maximum Gasteiger partial charge on any atom is 0.263 e. The fourth-order valence-corrected chi connectivity index (χ4v) is 6.47. The van der Waals surface area contributed by atoms with Crippen molar-refractivity contribution in [3.8, 4) is 17.1 Å². The Bertz CT molecular complexity index is 1700. The van der Waals surface area contributed by atoms with Gasteiger partial charge in [0, 0.05) is 18.3 Å². The number of methoxy groups -OCH3 is 1. The molecule has 0 spiro atoms. The van der Waals surface area contributed by atoms with Crippen LogP contribution in [0.1, 0.15) is 58.4 Å². The predicted octanol–water partition coefficient (Wildman–Crippen LogP) is 5.61. The number of alkyl halides is 1. The molecule has 4 aromatic rings. The molecule has 0 radical (unpaired) electrons. The molecule has 1 aromatic carbocycles. The lowest BCUT2D eigenvalue weighted by Crippen LogP contribution is -2.40.